The van der Waals surface area contributed by atoms with Gasteiger partial charge in [0, 0.05) is 16.7 Å². The van der Waals surface area contributed by atoms with Crippen molar-refractivity contribution in [2.24, 2.45) is 0 Å². The number of carboxylic acid groups (broad SMARTS) is 1. The highest BCUT2D eigenvalue weighted by Gasteiger charge is 2.18. The van der Waals surface area contributed by atoms with E-state index in [9.17, 15) is 9.59 Å². The largest absolute Gasteiger partial charge is 0.478 e. The number of nitrogens with one attached hydrogen (secondary N) is 1. The second-order valence-electron chi connectivity index (χ2n) is 5.57. The van der Waals surface area contributed by atoms with E-state index < -0.39 is 23.7 Å². The summed E-state index contributed by atoms with van der Waals surface area (Å²) >= 11 is 1.53. The number of hydrogen-bond acceptors (Lipinski definition) is 4. The lowest BCUT2D eigenvalue weighted by Gasteiger charge is -2.22. The minimum Gasteiger partial charge on any atom is -0.478 e. The molecule has 0 bridgehead atoms. The third kappa shape index (κ3) is 8.36. The highest BCUT2D eigenvalue weighted by atomic mass is 32.2. The fraction of sp³-hybridized carbons (Fsp3) is 0.375. The molecule has 2 N–H and O–H groups in total. The van der Waals surface area contributed by atoms with Crippen molar-refractivity contribution in [1.82, 2.24) is 5.32 Å². The average Bonchev–Trinajstić information content (AvgIpc) is 2.41. The zero-order chi connectivity index (χ0) is 16.6. The van der Waals surface area contributed by atoms with Crippen molar-refractivity contribution in [2.45, 2.75) is 37.3 Å². The summed E-state index contributed by atoms with van der Waals surface area (Å²) in [6.45, 7) is 5.31. The van der Waals surface area contributed by atoms with Crippen molar-refractivity contribution in [3.63, 3.8) is 0 Å². The molecule has 0 unspecified atom stereocenters. The van der Waals surface area contributed by atoms with Gasteiger partial charge in [-0.2, -0.15) is 0 Å². The minimum absolute atomic E-state index is 0.434. The predicted molar refractivity (Wildman–Crippen MR) is 87.1 cm³/mol. The zero-order valence-corrected chi connectivity index (χ0v) is 13.7. The van der Waals surface area contributed by atoms with Gasteiger partial charge in [-0.15, -0.1) is 11.8 Å². The number of rotatable bonds is 6. The SMILES string of the molecule is CC(C)(C)OC(=O)N[C@H](/C=C/C(=O)O)CSc1ccccc1. The van der Waals surface area contributed by atoms with Crippen LogP contribution in [0.3, 0.4) is 0 Å². The molecule has 5 nitrogen and oxygen atoms in total. The molecule has 0 saturated heterocycles. The maximum Gasteiger partial charge on any atom is 0.408 e. The van der Waals surface area contributed by atoms with Gasteiger partial charge in [0.1, 0.15) is 5.60 Å². The molecule has 0 saturated carbocycles. The summed E-state index contributed by atoms with van der Waals surface area (Å²) in [6.07, 6.45) is 1.90. The molecular weight excluding hydrogens is 302 g/mol. The van der Waals surface area contributed by atoms with E-state index >= 15 is 0 Å². The maximum atomic E-state index is 11.8. The quantitative estimate of drug-likeness (QED) is 0.620. The fourth-order valence-corrected chi connectivity index (χ4v) is 2.42. The first-order chi connectivity index (χ1) is 10.3. The van der Waals surface area contributed by atoms with E-state index in [-0.39, 0.29) is 0 Å². The Balaban J connectivity index is 2.63. The first kappa shape index (κ1) is 18.1. The number of carbonyl (C=O) groups is 2. The van der Waals surface area contributed by atoms with Crippen LogP contribution in [0.15, 0.2) is 47.4 Å². The molecule has 0 fully saturated rings. The number of hydrogen-bond donors (Lipinski definition) is 2. The molecular formula is C16H21NO4S. The molecule has 1 rings (SSSR count). The molecule has 0 spiro atoms. The van der Waals surface area contributed by atoms with E-state index in [1.807, 2.05) is 30.3 Å². The van der Waals surface area contributed by atoms with Crippen LogP contribution in [-0.4, -0.2) is 34.6 Å². The Labute approximate surface area is 134 Å². The van der Waals surface area contributed by atoms with Gasteiger partial charge in [-0.25, -0.2) is 9.59 Å². The van der Waals surface area contributed by atoms with Gasteiger partial charge in [0.15, 0.2) is 0 Å². The second kappa shape index (κ2) is 8.48. The van der Waals surface area contributed by atoms with E-state index in [4.69, 9.17) is 9.84 Å². The van der Waals surface area contributed by atoms with Gasteiger partial charge in [0.05, 0.1) is 6.04 Å². The third-order valence-corrected chi connectivity index (χ3v) is 3.48. The van der Waals surface area contributed by atoms with E-state index in [2.05, 4.69) is 5.32 Å². The van der Waals surface area contributed by atoms with E-state index in [0.29, 0.717) is 5.75 Å². The van der Waals surface area contributed by atoms with Crippen molar-refractivity contribution >= 4 is 23.8 Å². The van der Waals surface area contributed by atoms with Crippen LogP contribution in [-0.2, 0) is 9.53 Å². The smallest absolute Gasteiger partial charge is 0.408 e. The normalized spacial score (nSPS) is 12.9. The molecule has 6 heteroatoms. The van der Waals surface area contributed by atoms with Gasteiger partial charge in [0.2, 0.25) is 0 Å². The molecule has 0 aliphatic rings. The summed E-state index contributed by atoms with van der Waals surface area (Å²) in [4.78, 5) is 23.5. The summed E-state index contributed by atoms with van der Waals surface area (Å²) in [5.74, 6) is -0.548. The Hall–Kier alpha value is -1.95. The number of ether oxygens (including phenoxy) is 1. The Morgan fingerprint density at radius 3 is 2.50 bits per heavy atom. The summed E-state index contributed by atoms with van der Waals surface area (Å²) in [7, 11) is 0. The summed E-state index contributed by atoms with van der Waals surface area (Å²) in [6, 6.07) is 9.24. The van der Waals surface area contributed by atoms with E-state index in [1.54, 1.807) is 20.8 Å². The predicted octanol–water partition coefficient (Wildman–Crippen LogP) is 3.31. The monoisotopic (exact) mass is 323 g/mol. The van der Waals surface area contributed by atoms with Gasteiger partial charge in [0.25, 0.3) is 0 Å². The number of benzene rings is 1. The van der Waals surface area contributed by atoms with Crippen LogP contribution in [0.4, 0.5) is 4.79 Å². The Morgan fingerprint density at radius 1 is 1.32 bits per heavy atom. The molecule has 0 aliphatic heterocycles. The van der Waals surface area contributed by atoms with E-state index in [0.717, 1.165) is 11.0 Å². The molecule has 22 heavy (non-hydrogen) atoms. The lowest BCUT2D eigenvalue weighted by atomic mass is 10.2. The fourth-order valence-electron chi connectivity index (χ4n) is 1.51. The Morgan fingerprint density at radius 2 is 1.95 bits per heavy atom. The lowest BCUT2D eigenvalue weighted by Crippen LogP contribution is -2.39. The van der Waals surface area contributed by atoms with Gasteiger partial charge in [-0.3, -0.25) is 0 Å². The molecule has 0 heterocycles. The van der Waals surface area contributed by atoms with Crippen molar-refractivity contribution in [3.8, 4) is 0 Å². The number of aliphatic carboxylic acids is 1. The number of amides is 1. The van der Waals surface area contributed by atoms with Crippen LogP contribution in [0, 0.1) is 0 Å². The number of alkyl carbamates (subject to hydrolysis) is 1. The van der Waals surface area contributed by atoms with Crippen LogP contribution in [0.2, 0.25) is 0 Å². The van der Waals surface area contributed by atoms with Crippen LogP contribution >= 0.6 is 11.8 Å². The van der Waals surface area contributed by atoms with E-state index in [1.165, 1.54) is 17.8 Å². The molecule has 1 atom stereocenters. The summed E-state index contributed by atoms with van der Waals surface area (Å²) in [5.41, 5.74) is -0.599. The van der Waals surface area contributed by atoms with Gasteiger partial charge in [-0.1, -0.05) is 24.3 Å². The number of carboxylic acids is 1. The molecule has 0 aliphatic carbocycles. The first-order valence-corrected chi connectivity index (χ1v) is 7.83. The standard InChI is InChI=1S/C16H21NO4S/c1-16(2,3)21-15(20)17-12(9-10-14(18)19)11-22-13-7-5-4-6-8-13/h4-10,12H,11H2,1-3H3,(H,17,20)(H,18,19)/b10-9+/t12-/m1/s1. The molecule has 1 aromatic rings. The van der Waals surface area contributed by atoms with Crippen LogP contribution in [0.1, 0.15) is 20.8 Å². The highest BCUT2D eigenvalue weighted by Crippen LogP contribution is 2.18. The zero-order valence-electron chi connectivity index (χ0n) is 12.9. The van der Waals surface area contributed by atoms with Gasteiger partial charge in [-0.05, 0) is 32.9 Å². The molecule has 0 aromatic heterocycles. The van der Waals surface area contributed by atoms with Crippen molar-refractivity contribution in [3.05, 3.63) is 42.5 Å². The second-order valence-corrected chi connectivity index (χ2v) is 6.67. The number of thioether (sulfide) groups is 1. The Kier molecular flexibility index (Phi) is 6.98. The highest BCUT2D eigenvalue weighted by molar-refractivity contribution is 7.99. The first-order valence-electron chi connectivity index (χ1n) is 6.85. The maximum absolute atomic E-state index is 11.8. The number of carbonyl (C=O) groups excluding carboxylic acids is 1. The third-order valence-electron chi connectivity index (χ3n) is 2.35. The van der Waals surface area contributed by atoms with Crippen LogP contribution in [0.5, 0.6) is 0 Å². The van der Waals surface area contributed by atoms with Gasteiger partial charge >= 0.3 is 12.1 Å². The van der Waals surface area contributed by atoms with Crippen molar-refractivity contribution < 1.29 is 19.4 Å². The molecule has 120 valence electrons. The minimum atomic E-state index is -1.05. The van der Waals surface area contributed by atoms with Gasteiger partial charge < -0.3 is 15.2 Å². The summed E-state index contributed by atoms with van der Waals surface area (Å²) < 4.78 is 5.19. The molecule has 1 amide bonds. The van der Waals surface area contributed by atoms with Crippen molar-refractivity contribution in [1.29, 1.82) is 0 Å². The lowest BCUT2D eigenvalue weighted by molar-refractivity contribution is -0.131. The molecule has 1 aromatic carbocycles. The summed E-state index contributed by atoms with van der Waals surface area (Å²) in [5, 5.41) is 11.4. The van der Waals surface area contributed by atoms with Crippen LogP contribution < -0.4 is 5.32 Å². The molecule has 0 radical (unpaired) electrons. The topological polar surface area (TPSA) is 75.6 Å². The Bertz CT molecular complexity index is 523. The van der Waals surface area contributed by atoms with Crippen LogP contribution in [0.25, 0.3) is 0 Å². The van der Waals surface area contributed by atoms with Crippen molar-refractivity contribution in [2.75, 3.05) is 5.75 Å². The average molecular weight is 323 g/mol.